The van der Waals surface area contributed by atoms with Crippen molar-refractivity contribution in [3.63, 3.8) is 0 Å². The first-order valence-corrected chi connectivity index (χ1v) is 4.50. The predicted octanol–water partition coefficient (Wildman–Crippen LogP) is 2.96. The predicted molar refractivity (Wildman–Crippen MR) is 48.8 cm³/mol. The molecule has 0 aliphatic rings. The highest BCUT2D eigenvalue weighted by molar-refractivity contribution is 5.24. The van der Waals surface area contributed by atoms with Gasteiger partial charge in [0.25, 0.3) is 0 Å². The third-order valence-corrected chi connectivity index (χ3v) is 2.12. The highest BCUT2D eigenvalue weighted by Crippen LogP contribution is 2.37. The van der Waals surface area contributed by atoms with Gasteiger partial charge in [0.1, 0.15) is 11.6 Å². The summed E-state index contributed by atoms with van der Waals surface area (Å²) in [5.74, 6) is -4.17. The lowest BCUT2D eigenvalue weighted by Crippen LogP contribution is -2.35. The maximum Gasteiger partial charge on any atom is 0.397 e. The Morgan fingerprint density at radius 3 is 1.81 bits per heavy atom. The maximum atomic E-state index is 12.8. The summed E-state index contributed by atoms with van der Waals surface area (Å²) in [6.07, 6.45) is -4.63. The quantitative estimate of drug-likeness (QED) is 0.789. The molecule has 2 atom stereocenters. The third-order valence-electron chi connectivity index (χ3n) is 2.12. The monoisotopic (exact) mass is 239 g/mol. The lowest BCUT2D eigenvalue weighted by atomic mass is 9.92. The number of hydrogen-bond donors (Lipinski definition) is 1. The molecule has 0 radical (unpaired) electrons. The fourth-order valence-corrected chi connectivity index (χ4v) is 1.55. The van der Waals surface area contributed by atoms with Crippen LogP contribution >= 0.6 is 0 Å². The van der Waals surface area contributed by atoms with Crippen molar-refractivity contribution in [2.45, 2.75) is 25.1 Å². The van der Waals surface area contributed by atoms with E-state index in [9.17, 15) is 22.0 Å². The molecule has 0 spiro atoms. The van der Waals surface area contributed by atoms with Crippen LogP contribution in [0.3, 0.4) is 0 Å². The average Bonchev–Trinajstić information content (AvgIpc) is 1.96. The van der Waals surface area contributed by atoms with Crippen LogP contribution in [-0.2, 0) is 0 Å². The topological polar surface area (TPSA) is 26.0 Å². The SMILES string of the molecule is C[C@H](N)[C@@H](c1cc(F)cc(F)c1)C(F)(F)F. The molecule has 0 amide bonds. The third kappa shape index (κ3) is 2.91. The Bertz CT molecular complexity index is 352. The summed E-state index contributed by atoms with van der Waals surface area (Å²) in [7, 11) is 0. The molecule has 90 valence electrons. The molecule has 0 heterocycles. The molecule has 0 saturated carbocycles. The zero-order valence-corrected chi connectivity index (χ0v) is 8.35. The summed E-state index contributed by atoms with van der Waals surface area (Å²) < 4.78 is 63.4. The molecule has 0 fully saturated rings. The lowest BCUT2D eigenvalue weighted by molar-refractivity contribution is -0.154. The largest absolute Gasteiger partial charge is 0.397 e. The van der Waals surface area contributed by atoms with E-state index in [0.29, 0.717) is 18.2 Å². The van der Waals surface area contributed by atoms with Gasteiger partial charge < -0.3 is 5.73 Å². The molecular formula is C10H10F5N. The van der Waals surface area contributed by atoms with Gasteiger partial charge in [0.2, 0.25) is 0 Å². The summed E-state index contributed by atoms with van der Waals surface area (Å²) in [6.45, 7) is 1.14. The highest BCUT2D eigenvalue weighted by atomic mass is 19.4. The minimum Gasteiger partial charge on any atom is -0.327 e. The summed E-state index contributed by atoms with van der Waals surface area (Å²) in [4.78, 5) is 0. The molecule has 2 N–H and O–H groups in total. The summed E-state index contributed by atoms with van der Waals surface area (Å²) >= 11 is 0. The molecule has 0 aliphatic heterocycles. The standard InChI is InChI=1S/C10H10F5N/c1-5(16)9(10(13,14)15)6-2-7(11)4-8(12)3-6/h2-5,9H,16H2,1H3/t5-,9-/m0/s1. The normalized spacial score (nSPS) is 15.9. The maximum absolute atomic E-state index is 12.8. The first-order valence-electron chi connectivity index (χ1n) is 4.50. The van der Waals surface area contributed by atoms with Crippen molar-refractivity contribution in [3.05, 3.63) is 35.4 Å². The molecule has 16 heavy (non-hydrogen) atoms. The number of alkyl halides is 3. The molecular weight excluding hydrogens is 229 g/mol. The Balaban J connectivity index is 3.21. The van der Waals surface area contributed by atoms with Gasteiger partial charge in [-0.15, -0.1) is 0 Å². The summed E-state index contributed by atoms with van der Waals surface area (Å²) in [5, 5.41) is 0. The average molecular weight is 239 g/mol. The van der Waals surface area contributed by atoms with Gasteiger partial charge in [0.05, 0.1) is 5.92 Å². The number of halogens is 5. The van der Waals surface area contributed by atoms with Crippen LogP contribution in [0.25, 0.3) is 0 Å². The molecule has 1 nitrogen and oxygen atoms in total. The molecule has 6 heteroatoms. The van der Waals surface area contributed by atoms with E-state index >= 15 is 0 Å². The summed E-state index contributed by atoms with van der Waals surface area (Å²) in [6, 6.07) is 0.522. The van der Waals surface area contributed by atoms with Gasteiger partial charge in [-0.1, -0.05) is 0 Å². The van der Waals surface area contributed by atoms with E-state index in [-0.39, 0.29) is 0 Å². The van der Waals surface area contributed by atoms with Crippen LogP contribution in [0.5, 0.6) is 0 Å². The Kier molecular flexibility index (Phi) is 3.52. The van der Waals surface area contributed by atoms with E-state index in [4.69, 9.17) is 5.73 Å². The molecule has 0 bridgehead atoms. The molecule has 1 aromatic carbocycles. The molecule has 0 unspecified atom stereocenters. The Morgan fingerprint density at radius 2 is 1.50 bits per heavy atom. The van der Waals surface area contributed by atoms with Crippen molar-refractivity contribution in [1.29, 1.82) is 0 Å². The fraction of sp³-hybridized carbons (Fsp3) is 0.400. The first-order chi connectivity index (χ1) is 7.21. The van der Waals surface area contributed by atoms with Crippen LogP contribution in [0.2, 0.25) is 0 Å². The number of hydrogen-bond acceptors (Lipinski definition) is 1. The van der Waals surface area contributed by atoms with E-state index in [1.54, 1.807) is 0 Å². The van der Waals surface area contributed by atoms with Crippen LogP contribution in [0.4, 0.5) is 22.0 Å². The first kappa shape index (κ1) is 12.9. The Hall–Kier alpha value is -1.17. The molecule has 1 rings (SSSR count). The Labute approximate surface area is 89.1 Å². The minimum absolute atomic E-state index is 0.500. The van der Waals surface area contributed by atoms with Crippen molar-refractivity contribution < 1.29 is 22.0 Å². The number of rotatable bonds is 2. The van der Waals surface area contributed by atoms with Gasteiger partial charge in [-0.3, -0.25) is 0 Å². The van der Waals surface area contributed by atoms with E-state index in [1.807, 2.05) is 0 Å². The highest BCUT2D eigenvalue weighted by Gasteiger charge is 2.43. The molecule has 0 saturated heterocycles. The zero-order valence-electron chi connectivity index (χ0n) is 8.35. The van der Waals surface area contributed by atoms with Gasteiger partial charge in [-0.25, -0.2) is 8.78 Å². The van der Waals surface area contributed by atoms with Crippen molar-refractivity contribution in [2.75, 3.05) is 0 Å². The lowest BCUT2D eigenvalue weighted by Gasteiger charge is -2.24. The van der Waals surface area contributed by atoms with Crippen molar-refractivity contribution in [1.82, 2.24) is 0 Å². The van der Waals surface area contributed by atoms with Gasteiger partial charge >= 0.3 is 6.18 Å². The van der Waals surface area contributed by atoms with Crippen LogP contribution in [0.1, 0.15) is 18.4 Å². The number of benzene rings is 1. The van der Waals surface area contributed by atoms with Crippen LogP contribution in [-0.4, -0.2) is 12.2 Å². The Morgan fingerprint density at radius 1 is 1.06 bits per heavy atom. The number of nitrogens with two attached hydrogens (primary N) is 1. The smallest absolute Gasteiger partial charge is 0.327 e. The van der Waals surface area contributed by atoms with E-state index in [2.05, 4.69) is 0 Å². The van der Waals surface area contributed by atoms with Crippen LogP contribution in [0.15, 0.2) is 18.2 Å². The second kappa shape index (κ2) is 4.37. The second-order valence-corrected chi connectivity index (χ2v) is 3.58. The minimum atomic E-state index is -4.63. The molecule has 1 aromatic rings. The summed E-state index contributed by atoms with van der Waals surface area (Å²) in [5.41, 5.74) is 4.69. The molecule has 0 aliphatic carbocycles. The van der Waals surface area contributed by atoms with E-state index in [0.717, 1.165) is 6.92 Å². The van der Waals surface area contributed by atoms with E-state index in [1.165, 1.54) is 0 Å². The zero-order chi connectivity index (χ0) is 12.5. The van der Waals surface area contributed by atoms with Gasteiger partial charge in [0, 0.05) is 12.1 Å². The fourth-order valence-electron chi connectivity index (χ4n) is 1.55. The second-order valence-electron chi connectivity index (χ2n) is 3.58. The molecule has 0 aromatic heterocycles. The van der Waals surface area contributed by atoms with Gasteiger partial charge in [-0.05, 0) is 24.6 Å². The van der Waals surface area contributed by atoms with Crippen LogP contribution in [0, 0.1) is 11.6 Å². The van der Waals surface area contributed by atoms with Gasteiger partial charge in [0.15, 0.2) is 0 Å². The van der Waals surface area contributed by atoms with Crippen molar-refractivity contribution in [3.8, 4) is 0 Å². The van der Waals surface area contributed by atoms with Crippen molar-refractivity contribution in [2.24, 2.45) is 5.73 Å². The van der Waals surface area contributed by atoms with Crippen molar-refractivity contribution >= 4 is 0 Å². The van der Waals surface area contributed by atoms with Crippen LogP contribution < -0.4 is 5.73 Å². The van der Waals surface area contributed by atoms with Gasteiger partial charge in [-0.2, -0.15) is 13.2 Å². The van der Waals surface area contributed by atoms with E-state index < -0.39 is 35.3 Å².